The Hall–Kier alpha value is -8.01. The van der Waals surface area contributed by atoms with E-state index >= 15 is 0 Å². The first kappa shape index (κ1) is 35.9. The van der Waals surface area contributed by atoms with Gasteiger partial charge in [0.05, 0.1) is 22.8 Å². The topological polar surface area (TPSA) is 27.6 Å². The molecule has 0 aromatic heterocycles. The van der Waals surface area contributed by atoms with Crippen LogP contribution in [0.3, 0.4) is 0 Å². The summed E-state index contributed by atoms with van der Waals surface area (Å²) in [6.07, 6.45) is 2.23. The number of benzene rings is 9. The summed E-state index contributed by atoms with van der Waals surface area (Å²) >= 11 is 0. The van der Waals surface area contributed by atoms with Crippen LogP contribution < -0.4 is 10.2 Å². The molecule has 0 bridgehead atoms. The van der Waals surface area contributed by atoms with Gasteiger partial charge in [0.15, 0.2) is 0 Å². The fourth-order valence-corrected chi connectivity index (χ4v) is 10.2. The van der Waals surface area contributed by atoms with Gasteiger partial charge in [-0.25, -0.2) is 0 Å². The van der Waals surface area contributed by atoms with Gasteiger partial charge in [0, 0.05) is 16.9 Å². The van der Waals surface area contributed by atoms with E-state index in [2.05, 4.69) is 247 Å². The van der Waals surface area contributed by atoms with Gasteiger partial charge in [-0.1, -0.05) is 188 Å². The molecule has 1 spiro atoms. The van der Waals surface area contributed by atoms with Crippen LogP contribution in [0.15, 0.2) is 242 Å². The summed E-state index contributed by atoms with van der Waals surface area (Å²) in [6, 6.07) is 83.6. The molecule has 1 unspecified atom stereocenters. The molecule has 9 aromatic rings. The van der Waals surface area contributed by atoms with Gasteiger partial charge in [0.1, 0.15) is 5.84 Å². The Labute approximate surface area is 362 Å². The van der Waals surface area contributed by atoms with Gasteiger partial charge in [-0.05, 0) is 115 Å². The number of para-hydroxylation sites is 3. The minimum Gasteiger partial charge on any atom is -0.340 e. The zero-order valence-corrected chi connectivity index (χ0v) is 34.0. The van der Waals surface area contributed by atoms with E-state index in [0.717, 1.165) is 45.0 Å². The van der Waals surface area contributed by atoms with E-state index in [1.807, 2.05) is 0 Å². The first-order chi connectivity index (χ1) is 30.7. The van der Waals surface area contributed by atoms with Gasteiger partial charge in [0.25, 0.3) is 0 Å². The zero-order valence-electron chi connectivity index (χ0n) is 34.0. The number of nitrogens with one attached hydrogen (secondary N) is 1. The second kappa shape index (κ2) is 14.6. The normalized spacial score (nSPS) is 15.4. The molecular weight excluding hydrogens is 751 g/mol. The highest BCUT2D eigenvalue weighted by molar-refractivity contribution is 6.05. The molecule has 3 aliphatic rings. The molecule has 2 aliphatic heterocycles. The fourth-order valence-electron chi connectivity index (χ4n) is 10.2. The number of rotatable bonds is 6. The van der Waals surface area contributed by atoms with Crippen LogP contribution in [0.5, 0.6) is 0 Å². The number of amidine groups is 1. The van der Waals surface area contributed by atoms with Crippen LogP contribution in [0.25, 0.3) is 39.1 Å². The molecule has 0 amide bonds. The number of hydrogen-bond donors (Lipinski definition) is 1. The zero-order chi connectivity index (χ0) is 41.0. The van der Waals surface area contributed by atoms with Crippen molar-refractivity contribution in [2.24, 2.45) is 4.99 Å². The summed E-state index contributed by atoms with van der Waals surface area (Å²) in [4.78, 5) is 7.69. The SMILES string of the molecule is C1=C(c2ccccc2)NC(c2cccc(-c3cccc(-c4ccc5c(c4)-c4ccccc4C54c5ccccc5N(c5ccccc5)c5ccccc54)c3)c2)=NC1c1ccccc1. The Balaban J connectivity index is 0.946. The van der Waals surface area contributed by atoms with Gasteiger partial charge in [-0.15, -0.1) is 0 Å². The van der Waals surface area contributed by atoms with Crippen molar-refractivity contribution in [3.63, 3.8) is 0 Å². The van der Waals surface area contributed by atoms with Crippen LogP contribution in [-0.2, 0) is 5.41 Å². The molecule has 62 heavy (non-hydrogen) atoms. The lowest BCUT2D eigenvalue weighted by molar-refractivity contribution is 0.753. The lowest BCUT2D eigenvalue weighted by Crippen LogP contribution is -2.36. The van der Waals surface area contributed by atoms with Crippen LogP contribution in [0.1, 0.15) is 45.0 Å². The second-order valence-corrected chi connectivity index (χ2v) is 16.3. The summed E-state index contributed by atoms with van der Waals surface area (Å²) in [5.41, 5.74) is 20.0. The third kappa shape index (κ3) is 5.70. The third-order valence-corrected chi connectivity index (χ3v) is 12.9. The monoisotopic (exact) mass is 791 g/mol. The van der Waals surface area contributed by atoms with Crippen molar-refractivity contribution >= 4 is 28.6 Å². The van der Waals surface area contributed by atoms with Crippen molar-refractivity contribution in [2.75, 3.05) is 4.90 Å². The molecule has 3 nitrogen and oxygen atoms in total. The summed E-state index contributed by atoms with van der Waals surface area (Å²) in [5, 5.41) is 3.69. The number of fused-ring (bicyclic) bond motifs is 9. The first-order valence-corrected chi connectivity index (χ1v) is 21.4. The Kier molecular flexibility index (Phi) is 8.46. The van der Waals surface area contributed by atoms with Gasteiger partial charge in [0.2, 0.25) is 0 Å². The van der Waals surface area contributed by atoms with Crippen molar-refractivity contribution in [1.82, 2.24) is 5.32 Å². The van der Waals surface area contributed by atoms with Crippen molar-refractivity contribution in [3.05, 3.63) is 276 Å². The molecule has 0 fully saturated rings. The van der Waals surface area contributed by atoms with Crippen molar-refractivity contribution < 1.29 is 0 Å². The van der Waals surface area contributed by atoms with Crippen LogP contribution in [0, 0.1) is 0 Å². The van der Waals surface area contributed by atoms with Gasteiger partial charge < -0.3 is 10.2 Å². The number of hydrogen-bond acceptors (Lipinski definition) is 3. The minimum absolute atomic E-state index is 0.0999. The minimum atomic E-state index is -0.476. The van der Waals surface area contributed by atoms with Crippen LogP contribution in [0.2, 0.25) is 0 Å². The fraction of sp³-hybridized carbons (Fsp3) is 0.0339. The molecule has 0 saturated carbocycles. The molecule has 292 valence electrons. The average Bonchev–Trinajstić information content (AvgIpc) is 3.65. The van der Waals surface area contributed by atoms with E-state index in [-0.39, 0.29) is 6.04 Å². The molecule has 9 aromatic carbocycles. The molecule has 0 radical (unpaired) electrons. The lowest BCUT2D eigenvalue weighted by Gasteiger charge is -2.45. The molecular formula is C59H41N3. The third-order valence-electron chi connectivity index (χ3n) is 12.9. The number of nitrogens with zero attached hydrogens (tertiary/aromatic N) is 2. The lowest BCUT2D eigenvalue weighted by atomic mass is 9.64. The molecule has 1 aliphatic carbocycles. The second-order valence-electron chi connectivity index (χ2n) is 16.3. The van der Waals surface area contributed by atoms with Crippen LogP contribution >= 0.6 is 0 Å². The van der Waals surface area contributed by atoms with Crippen LogP contribution in [0.4, 0.5) is 17.1 Å². The summed E-state index contributed by atoms with van der Waals surface area (Å²) < 4.78 is 0. The summed E-state index contributed by atoms with van der Waals surface area (Å²) in [5.74, 6) is 0.863. The molecule has 3 heteroatoms. The van der Waals surface area contributed by atoms with E-state index in [9.17, 15) is 0 Å². The highest BCUT2D eigenvalue weighted by Crippen LogP contribution is 2.63. The maximum absolute atomic E-state index is 5.26. The average molecular weight is 792 g/mol. The largest absolute Gasteiger partial charge is 0.340 e. The Morgan fingerprint density at radius 3 is 1.56 bits per heavy atom. The van der Waals surface area contributed by atoms with E-state index in [1.165, 1.54) is 55.9 Å². The first-order valence-electron chi connectivity index (χ1n) is 21.4. The summed E-state index contributed by atoms with van der Waals surface area (Å²) in [7, 11) is 0. The van der Waals surface area contributed by atoms with Gasteiger partial charge in [-0.2, -0.15) is 0 Å². The predicted molar refractivity (Wildman–Crippen MR) is 256 cm³/mol. The quantitative estimate of drug-likeness (QED) is 0.182. The number of anilines is 3. The molecule has 1 atom stereocenters. The maximum Gasteiger partial charge on any atom is 0.133 e. The van der Waals surface area contributed by atoms with E-state index in [4.69, 9.17) is 4.99 Å². The highest BCUT2D eigenvalue weighted by atomic mass is 15.2. The van der Waals surface area contributed by atoms with Crippen molar-refractivity contribution in [1.29, 1.82) is 0 Å². The standard InChI is InChI=1S/C59H41N3/c1-4-18-40(19-5-1)54-39-55(41-20-6-2-7-21-41)61-58(60-54)46-25-17-24-44(37-46)42-22-16-23-43(36-42)45-34-35-51-49(38-45)48-28-10-11-29-50(48)59(51)52-30-12-14-32-56(52)62(47-26-8-3-9-27-47)57-33-15-13-31-53(57)59/h1-39,54H,(H,60,61). The van der Waals surface area contributed by atoms with Gasteiger partial charge in [-0.3, -0.25) is 4.99 Å². The summed E-state index contributed by atoms with van der Waals surface area (Å²) in [6.45, 7) is 0. The molecule has 12 rings (SSSR count). The van der Waals surface area contributed by atoms with Crippen molar-refractivity contribution in [2.45, 2.75) is 11.5 Å². The Morgan fingerprint density at radius 1 is 0.387 bits per heavy atom. The maximum atomic E-state index is 5.26. The predicted octanol–water partition coefficient (Wildman–Crippen LogP) is 14.3. The highest BCUT2D eigenvalue weighted by Gasteiger charge is 2.51. The van der Waals surface area contributed by atoms with E-state index in [0.29, 0.717) is 0 Å². The molecule has 1 N–H and O–H groups in total. The number of aliphatic imine (C=N–C) groups is 1. The Bertz CT molecular complexity index is 3170. The smallest absolute Gasteiger partial charge is 0.133 e. The van der Waals surface area contributed by atoms with E-state index < -0.39 is 5.41 Å². The Morgan fingerprint density at radius 2 is 0.887 bits per heavy atom. The van der Waals surface area contributed by atoms with Crippen molar-refractivity contribution in [3.8, 4) is 33.4 Å². The van der Waals surface area contributed by atoms with E-state index in [1.54, 1.807) is 0 Å². The molecule has 0 saturated heterocycles. The van der Waals surface area contributed by atoms with Gasteiger partial charge >= 0.3 is 0 Å². The van der Waals surface area contributed by atoms with Crippen LogP contribution in [-0.4, -0.2) is 5.84 Å². The molecule has 2 heterocycles.